The zero-order valence-electron chi connectivity index (χ0n) is 18.2. The summed E-state index contributed by atoms with van der Waals surface area (Å²) in [6.45, 7) is 1.95. The van der Waals surface area contributed by atoms with Crippen LogP contribution in [0, 0.1) is 5.82 Å². The normalized spacial score (nSPS) is 12.2. The van der Waals surface area contributed by atoms with Crippen molar-refractivity contribution in [1.29, 1.82) is 0 Å². The van der Waals surface area contributed by atoms with Crippen molar-refractivity contribution in [3.05, 3.63) is 53.8 Å². The fourth-order valence-corrected chi connectivity index (χ4v) is 4.23. The van der Waals surface area contributed by atoms with Gasteiger partial charge in [0.1, 0.15) is 5.82 Å². The predicted molar refractivity (Wildman–Crippen MR) is 119 cm³/mol. The van der Waals surface area contributed by atoms with Gasteiger partial charge in [0, 0.05) is 13.0 Å². The Morgan fingerprint density at radius 2 is 1.81 bits per heavy atom. The quantitative estimate of drug-likeness (QED) is 0.563. The van der Waals surface area contributed by atoms with Crippen LogP contribution in [-0.2, 0) is 14.8 Å². The lowest BCUT2D eigenvalue weighted by Gasteiger charge is -2.23. The number of halogens is 1. The smallest absolute Gasteiger partial charge is 0.232 e. The SMILES string of the molecule is CC[C@@H](NC(=O)CCCN(c1ccccc1F)S(C)(=O)=O)c1ccc(OC)c(OC)c1. The van der Waals surface area contributed by atoms with E-state index in [4.69, 9.17) is 9.47 Å². The molecule has 0 aromatic heterocycles. The van der Waals surface area contributed by atoms with Crippen molar-refractivity contribution in [2.45, 2.75) is 32.2 Å². The van der Waals surface area contributed by atoms with E-state index in [1.54, 1.807) is 26.4 Å². The summed E-state index contributed by atoms with van der Waals surface area (Å²) in [5.41, 5.74) is 0.847. The van der Waals surface area contributed by atoms with Crippen LogP contribution in [0.5, 0.6) is 11.5 Å². The van der Waals surface area contributed by atoms with E-state index in [2.05, 4.69) is 5.32 Å². The Kier molecular flexibility index (Phi) is 8.67. The van der Waals surface area contributed by atoms with Crippen LogP contribution in [0.4, 0.5) is 10.1 Å². The molecule has 0 unspecified atom stereocenters. The van der Waals surface area contributed by atoms with Crippen molar-refractivity contribution in [3.63, 3.8) is 0 Å². The van der Waals surface area contributed by atoms with Crippen molar-refractivity contribution >= 4 is 21.6 Å². The highest BCUT2D eigenvalue weighted by Crippen LogP contribution is 2.31. The van der Waals surface area contributed by atoms with E-state index in [-0.39, 0.29) is 37.0 Å². The lowest BCUT2D eigenvalue weighted by atomic mass is 10.0. The maximum atomic E-state index is 14.1. The van der Waals surface area contributed by atoms with Gasteiger partial charge in [0.05, 0.1) is 32.2 Å². The Labute approximate surface area is 183 Å². The highest BCUT2D eigenvalue weighted by molar-refractivity contribution is 7.92. The van der Waals surface area contributed by atoms with E-state index in [0.29, 0.717) is 17.9 Å². The molecule has 0 aliphatic heterocycles. The molecule has 1 amide bonds. The summed E-state index contributed by atoms with van der Waals surface area (Å²) < 4.78 is 49.9. The molecule has 1 atom stereocenters. The summed E-state index contributed by atoms with van der Waals surface area (Å²) in [4.78, 5) is 12.5. The van der Waals surface area contributed by atoms with Gasteiger partial charge in [-0.3, -0.25) is 9.10 Å². The highest BCUT2D eigenvalue weighted by atomic mass is 32.2. The Bertz CT molecular complexity index is 997. The molecule has 0 bridgehead atoms. The number of sulfonamides is 1. The van der Waals surface area contributed by atoms with Crippen molar-refractivity contribution in [2.75, 3.05) is 31.3 Å². The molecule has 0 saturated carbocycles. The second-order valence-corrected chi connectivity index (χ2v) is 8.94. The first kappa shape index (κ1) is 24.5. The van der Waals surface area contributed by atoms with E-state index in [1.807, 2.05) is 19.1 Å². The molecule has 9 heteroatoms. The van der Waals surface area contributed by atoms with Crippen LogP contribution in [0.25, 0.3) is 0 Å². The third kappa shape index (κ3) is 6.58. The summed E-state index contributed by atoms with van der Waals surface area (Å²) >= 11 is 0. The molecule has 0 saturated heterocycles. The number of nitrogens with zero attached hydrogens (tertiary/aromatic N) is 1. The number of rotatable bonds is 11. The van der Waals surface area contributed by atoms with Gasteiger partial charge in [0.25, 0.3) is 0 Å². The standard InChI is InChI=1S/C22H29FN2O5S/c1-5-18(16-12-13-20(29-2)21(15-16)30-3)24-22(26)11-8-14-25(31(4,27)28)19-10-7-6-9-17(19)23/h6-7,9-10,12-13,15,18H,5,8,11,14H2,1-4H3,(H,24,26)/t18-/m1/s1. The second-order valence-electron chi connectivity index (χ2n) is 7.03. The Hall–Kier alpha value is -2.81. The number of amides is 1. The zero-order chi connectivity index (χ0) is 23.0. The van der Waals surface area contributed by atoms with Gasteiger partial charge in [0.2, 0.25) is 15.9 Å². The molecule has 2 rings (SSSR count). The first-order valence-corrected chi connectivity index (χ1v) is 11.8. The van der Waals surface area contributed by atoms with E-state index < -0.39 is 15.8 Å². The van der Waals surface area contributed by atoms with E-state index in [1.165, 1.54) is 18.2 Å². The Morgan fingerprint density at radius 1 is 1.13 bits per heavy atom. The van der Waals surface area contributed by atoms with Gasteiger partial charge >= 0.3 is 0 Å². The number of carbonyl (C=O) groups is 1. The molecule has 2 aromatic rings. The van der Waals surface area contributed by atoms with Gasteiger partial charge in [0.15, 0.2) is 11.5 Å². The van der Waals surface area contributed by atoms with Crippen molar-refractivity contribution < 1.29 is 27.1 Å². The summed E-state index contributed by atoms with van der Waals surface area (Å²) in [5.74, 6) is 0.323. The molecule has 0 aliphatic rings. The minimum absolute atomic E-state index is 0.000334. The topological polar surface area (TPSA) is 84.9 Å². The van der Waals surface area contributed by atoms with Gasteiger partial charge in [-0.1, -0.05) is 25.1 Å². The van der Waals surface area contributed by atoms with Crippen LogP contribution >= 0.6 is 0 Å². The third-order valence-corrected chi connectivity index (χ3v) is 6.02. The number of hydrogen-bond donors (Lipinski definition) is 1. The molecule has 170 valence electrons. The van der Waals surface area contributed by atoms with Gasteiger partial charge in [-0.25, -0.2) is 12.8 Å². The molecule has 0 fully saturated rings. The molecular weight excluding hydrogens is 423 g/mol. The van der Waals surface area contributed by atoms with Crippen LogP contribution < -0.4 is 19.1 Å². The maximum Gasteiger partial charge on any atom is 0.232 e. The predicted octanol–water partition coefficient (Wildman–Crippen LogP) is 3.66. The Balaban J connectivity index is 2.02. The minimum atomic E-state index is -3.69. The highest BCUT2D eigenvalue weighted by Gasteiger charge is 2.21. The molecule has 1 N–H and O–H groups in total. The fraction of sp³-hybridized carbons (Fsp3) is 0.409. The molecule has 31 heavy (non-hydrogen) atoms. The number of methoxy groups -OCH3 is 2. The molecule has 0 heterocycles. The largest absolute Gasteiger partial charge is 0.493 e. The average Bonchev–Trinajstić information content (AvgIpc) is 2.74. The summed E-state index contributed by atoms with van der Waals surface area (Å²) in [6, 6.07) is 10.9. The van der Waals surface area contributed by atoms with Crippen LogP contribution in [0.2, 0.25) is 0 Å². The molecular formula is C22H29FN2O5S. The van der Waals surface area contributed by atoms with Crippen LogP contribution in [0.3, 0.4) is 0 Å². The van der Waals surface area contributed by atoms with E-state index in [0.717, 1.165) is 16.1 Å². The lowest BCUT2D eigenvalue weighted by molar-refractivity contribution is -0.121. The van der Waals surface area contributed by atoms with Crippen molar-refractivity contribution in [1.82, 2.24) is 5.32 Å². The molecule has 7 nitrogen and oxygen atoms in total. The molecule has 0 aliphatic carbocycles. The number of anilines is 1. The monoisotopic (exact) mass is 452 g/mol. The van der Waals surface area contributed by atoms with Gasteiger partial charge in [-0.15, -0.1) is 0 Å². The Morgan fingerprint density at radius 3 is 2.39 bits per heavy atom. The zero-order valence-corrected chi connectivity index (χ0v) is 19.0. The van der Waals surface area contributed by atoms with Crippen LogP contribution in [-0.4, -0.2) is 41.3 Å². The number of ether oxygens (including phenoxy) is 2. The van der Waals surface area contributed by atoms with Crippen LogP contribution in [0.15, 0.2) is 42.5 Å². The summed E-state index contributed by atoms with van der Waals surface area (Å²) in [7, 11) is -0.588. The van der Waals surface area contributed by atoms with Crippen LogP contribution in [0.1, 0.15) is 37.8 Å². The molecule has 2 aromatic carbocycles. The number of para-hydroxylation sites is 1. The van der Waals surface area contributed by atoms with E-state index >= 15 is 0 Å². The lowest BCUT2D eigenvalue weighted by Crippen LogP contribution is -2.33. The van der Waals surface area contributed by atoms with Crippen molar-refractivity contribution in [3.8, 4) is 11.5 Å². The maximum absolute atomic E-state index is 14.1. The first-order chi connectivity index (χ1) is 14.7. The number of carbonyl (C=O) groups excluding carboxylic acids is 1. The second kappa shape index (κ2) is 11.0. The number of nitrogens with one attached hydrogen (secondary N) is 1. The van der Waals surface area contributed by atoms with E-state index in [9.17, 15) is 17.6 Å². The third-order valence-electron chi connectivity index (χ3n) is 4.84. The first-order valence-electron chi connectivity index (χ1n) is 9.94. The summed E-state index contributed by atoms with van der Waals surface area (Å²) in [6.07, 6.45) is 2.02. The average molecular weight is 453 g/mol. The van der Waals surface area contributed by atoms with Gasteiger partial charge in [-0.05, 0) is 42.7 Å². The molecule has 0 radical (unpaired) electrons. The van der Waals surface area contributed by atoms with Crippen molar-refractivity contribution in [2.24, 2.45) is 0 Å². The van der Waals surface area contributed by atoms with Gasteiger partial charge in [-0.2, -0.15) is 0 Å². The minimum Gasteiger partial charge on any atom is -0.493 e. The number of hydrogen-bond acceptors (Lipinski definition) is 5. The molecule has 0 spiro atoms. The number of benzene rings is 2. The van der Waals surface area contributed by atoms with Gasteiger partial charge < -0.3 is 14.8 Å². The summed E-state index contributed by atoms with van der Waals surface area (Å²) in [5, 5.41) is 2.96. The fourth-order valence-electron chi connectivity index (χ4n) is 3.26.